The second-order valence-corrected chi connectivity index (χ2v) is 7.19. The Morgan fingerprint density at radius 3 is 2.52 bits per heavy atom. The molecule has 156 valence electrons. The highest BCUT2D eigenvalue weighted by Gasteiger charge is 2.16. The molecule has 0 spiro atoms. The van der Waals surface area contributed by atoms with Crippen LogP contribution in [0.3, 0.4) is 0 Å². The molecule has 0 radical (unpaired) electrons. The van der Waals surface area contributed by atoms with Gasteiger partial charge >= 0.3 is 5.97 Å². The number of hydrogen-bond acceptors (Lipinski definition) is 6. The summed E-state index contributed by atoms with van der Waals surface area (Å²) in [5, 5.41) is 4.57. The predicted octanol–water partition coefficient (Wildman–Crippen LogP) is 4.71. The fourth-order valence-electron chi connectivity index (χ4n) is 2.71. The lowest BCUT2D eigenvalue weighted by Crippen LogP contribution is -2.17. The first kappa shape index (κ1) is 20.7. The van der Waals surface area contributed by atoms with Gasteiger partial charge in [-0.1, -0.05) is 23.2 Å². The topological polar surface area (TPSA) is 86.2 Å². The first-order chi connectivity index (χ1) is 15.0. The van der Waals surface area contributed by atoms with E-state index in [0.717, 1.165) is 0 Å². The van der Waals surface area contributed by atoms with Gasteiger partial charge in [-0.2, -0.15) is 5.10 Å². The summed E-state index contributed by atoms with van der Waals surface area (Å²) in [4.78, 5) is 24.4. The average molecular weight is 457 g/mol. The number of hydrazone groups is 1. The van der Waals surface area contributed by atoms with E-state index >= 15 is 0 Å². The van der Waals surface area contributed by atoms with Gasteiger partial charge in [0.15, 0.2) is 11.5 Å². The Kier molecular flexibility index (Phi) is 6.06. The van der Waals surface area contributed by atoms with E-state index < -0.39 is 5.97 Å². The SMILES string of the molecule is O=C(N/N=C/c1ccc(OC(=O)c2ccc(Cl)cc2Cl)cc1)c1ccc2c(c1)OCO2. The molecule has 0 aliphatic carbocycles. The quantitative estimate of drug-likeness (QED) is 0.260. The number of ether oxygens (including phenoxy) is 3. The largest absolute Gasteiger partial charge is 0.454 e. The van der Waals surface area contributed by atoms with Crippen molar-refractivity contribution < 1.29 is 23.8 Å². The van der Waals surface area contributed by atoms with Gasteiger partial charge in [-0.3, -0.25) is 4.79 Å². The number of nitrogens with zero attached hydrogens (tertiary/aromatic N) is 1. The van der Waals surface area contributed by atoms with E-state index in [4.69, 9.17) is 37.4 Å². The Balaban J connectivity index is 1.34. The zero-order valence-corrected chi connectivity index (χ0v) is 17.3. The maximum atomic E-state index is 12.2. The number of fused-ring (bicyclic) bond motifs is 1. The van der Waals surface area contributed by atoms with Crippen molar-refractivity contribution in [1.29, 1.82) is 0 Å². The van der Waals surface area contributed by atoms with Crippen LogP contribution in [0.4, 0.5) is 0 Å². The van der Waals surface area contributed by atoms with E-state index in [1.165, 1.54) is 18.3 Å². The molecule has 1 amide bonds. The van der Waals surface area contributed by atoms with Crippen molar-refractivity contribution in [3.8, 4) is 17.2 Å². The molecule has 31 heavy (non-hydrogen) atoms. The third kappa shape index (κ3) is 4.96. The molecule has 0 unspecified atom stereocenters. The van der Waals surface area contributed by atoms with Crippen LogP contribution in [0, 0.1) is 0 Å². The third-order valence-electron chi connectivity index (χ3n) is 4.26. The van der Waals surface area contributed by atoms with E-state index in [1.54, 1.807) is 48.5 Å². The molecule has 0 fully saturated rings. The fraction of sp³-hybridized carbons (Fsp3) is 0.0455. The number of rotatable bonds is 5. The van der Waals surface area contributed by atoms with Gasteiger partial charge in [-0.05, 0) is 66.2 Å². The lowest BCUT2D eigenvalue weighted by molar-refractivity contribution is 0.0734. The summed E-state index contributed by atoms with van der Waals surface area (Å²) in [6.07, 6.45) is 1.46. The normalized spacial score (nSPS) is 12.1. The summed E-state index contributed by atoms with van der Waals surface area (Å²) in [5.74, 6) is 0.456. The Morgan fingerprint density at radius 1 is 0.968 bits per heavy atom. The summed E-state index contributed by atoms with van der Waals surface area (Å²) in [7, 11) is 0. The second kappa shape index (κ2) is 9.07. The molecular weight excluding hydrogens is 443 g/mol. The third-order valence-corrected chi connectivity index (χ3v) is 4.80. The van der Waals surface area contributed by atoms with Crippen molar-refractivity contribution in [3.63, 3.8) is 0 Å². The Labute approximate surface area is 187 Å². The van der Waals surface area contributed by atoms with Crippen molar-refractivity contribution >= 4 is 41.3 Å². The molecule has 0 saturated carbocycles. The molecule has 1 N–H and O–H groups in total. The van der Waals surface area contributed by atoms with Gasteiger partial charge < -0.3 is 14.2 Å². The van der Waals surface area contributed by atoms with Crippen molar-refractivity contribution in [2.75, 3.05) is 6.79 Å². The van der Waals surface area contributed by atoms with Crippen molar-refractivity contribution in [3.05, 3.63) is 87.4 Å². The number of hydrogen-bond donors (Lipinski definition) is 1. The van der Waals surface area contributed by atoms with Crippen molar-refractivity contribution in [2.45, 2.75) is 0 Å². The van der Waals surface area contributed by atoms with E-state index in [2.05, 4.69) is 10.5 Å². The van der Waals surface area contributed by atoms with Gasteiger partial charge in [0.25, 0.3) is 5.91 Å². The summed E-state index contributed by atoms with van der Waals surface area (Å²) < 4.78 is 15.8. The van der Waals surface area contributed by atoms with Crippen LogP contribution in [0.25, 0.3) is 0 Å². The summed E-state index contributed by atoms with van der Waals surface area (Å²) in [6.45, 7) is 0.136. The number of esters is 1. The minimum atomic E-state index is -0.598. The Bertz CT molecular complexity index is 1180. The molecule has 0 aromatic heterocycles. The Hall–Kier alpha value is -3.55. The van der Waals surface area contributed by atoms with Crippen LogP contribution in [0.15, 0.2) is 65.8 Å². The average Bonchev–Trinajstić information content (AvgIpc) is 3.22. The number of amides is 1. The first-order valence-corrected chi connectivity index (χ1v) is 9.75. The van der Waals surface area contributed by atoms with Crippen LogP contribution in [0.5, 0.6) is 17.2 Å². The lowest BCUT2D eigenvalue weighted by Gasteiger charge is -2.06. The standard InChI is InChI=1S/C22H14Cl2N2O5/c23-15-4-7-17(18(24)10-15)22(28)31-16-5-1-13(2-6-16)11-25-26-21(27)14-3-8-19-20(9-14)30-12-29-19/h1-11H,12H2,(H,26,27)/b25-11+. The van der Waals surface area contributed by atoms with E-state index in [-0.39, 0.29) is 23.3 Å². The van der Waals surface area contributed by atoms with Gasteiger partial charge in [0.1, 0.15) is 5.75 Å². The Morgan fingerprint density at radius 2 is 1.74 bits per heavy atom. The highest BCUT2D eigenvalue weighted by molar-refractivity contribution is 6.36. The maximum Gasteiger partial charge on any atom is 0.345 e. The molecule has 7 nitrogen and oxygen atoms in total. The van der Waals surface area contributed by atoms with E-state index in [1.807, 2.05) is 0 Å². The van der Waals surface area contributed by atoms with Crippen LogP contribution in [-0.2, 0) is 0 Å². The van der Waals surface area contributed by atoms with Gasteiger partial charge in [0, 0.05) is 10.6 Å². The molecular formula is C22H14Cl2N2O5. The molecule has 9 heteroatoms. The van der Waals surface area contributed by atoms with E-state index in [9.17, 15) is 9.59 Å². The molecule has 1 aliphatic rings. The highest BCUT2D eigenvalue weighted by Crippen LogP contribution is 2.32. The highest BCUT2D eigenvalue weighted by atomic mass is 35.5. The minimum Gasteiger partial charge on any atom is -0.454 e. The zero-order valence-electron chi connectivity index (χ0n) is 15.8. The summed E-state index contributed by atoms with van der Waals surface area (Å²) in [6, 6.07) is 16.0. The molecule has 1 aliphatic heterocycles. The molecule has 0 atom stereocenters. The number of halogens is 2. The van der Waals surface area contributed by atoms with Crippen molar-refractivity contribution in [2.24, 2.45) is 5.10 Å². The first-order valence-electron chi connectivity index (χ1n) is 9.00. The monoisotopic (exact) mass is 456 g/mol. The number of carbonyl (C=O) groups excluding carboxylic acids is 2. The van der Waals surface area contributed by atoms with Crippen LogP contribution in [-0.4, -0.2) is 24.9 Å². The second-order valence-electron chi connectivity index (χ2n) is 6.35. The number of benzene rings is 3. The molecule has 3 aromatic carbocycles. The summed E-state index contributed by atoms with van der Waals surface area (Å²) in [5.41, 5.74) is 3.74. The molecule has 3 aromatic rings. The van der Waals surface area contributed by atoms with Crippen molar-refractivity contribution in [1.82, 2.24) is 5.43 Å². The predicted molar refractivity (Wildman–Crippen MR) is 115 cm³/mol. The fourth-order valence-corrected chi connectivity index (χ4v) is 3.19. The maximum absolute atomic E-state index is 12.2. The molecule has 1 heterocycles. The van der Waals surface area contributed by atoms with Gasteiger partial charge in [-0.15, -0.1) is 0 Å². The smallest absolute Gasteiger partial charge is 0.345 e. The van der Waals surface area contributed by atoms with Gasteiger partial charge in [-0.25, -0.2) is 10.2 Å². The molecule has 0 bridgehead atoms. The number of carbonyl (C=O) groups is 2. The minimum absolute atomic E-state index is 0.136. The van der Waals surface area contributed by atoms with Crippen LogP contribution in [0.1, 0.15) is 26.3 Å². The zero-order chi connectivity index (χ0) is 21.8. The van der Waals surface area contributed by atoms with E-state index in [0.29, 0.717) is 33.4 Å². The van der Waals surface area contributed by atoms with Crippen LogP contribution in [0.2, 0.25) is 10.0 Å². The van der Waals surface area contributed by atoms with Gasteiger partial charge in [0.05, 0.1) is 16.8 Å². The number of nitrogens with one attached hydrogen (secondary N) is 1. The molecule has 4 rings (SSSR count). The molecule has 0 saturated heterocycles. The van der Waals surface area contributed by atoms with Crippen LogP contribution >= 0.6 is 23.2 Å². The summed E-state index contributed by atoms with van der Waals surface area (Å²) >= 11 is 11.9. The lowest BCUT2D eigenvalue weighted by atomic mass is 10.2. The van der Waals surface area contributed by atoms with Gasteiger partial charge in [0.2, 0.25) is 6.79 Å². The van der Waals surface area contributed by atoms with Crippen LogP contribution < -0.4 is 19.6 Å².